The van der Waals surface area contributed by atoms with Crippen LogP contribution >= 0.6 is 0 Å². The average molecular weight is 320 g/mol. The fourth-order valence-electron chi connectivity index (χ4n) is 2.95. The minimum Gasteiger partial charge on any atom is -0.545 e. The maximum absolute atomic E-state index is 11.4. The summed E-state index contributed by atoms with van der Waals surface area (Å²) >= 11 is 0. The molecule has 8 heteroatoms. The molecule has 7 nitrogen and oxygen atoms in total. The standard InChI is InChI=1S/C16H18N4O3.Li/c1-11(21)19-6-3-14(4-7-19)20-15(2-5-18-20)12-8-13(16(22)23)10-17-9-12;/h2,5,8-10,14H,3-4,6-7H2,1H3,(H,22,23);/q;+1/p-1. The molecule has 0 aliphatic carbocycles. The van der Waals surface area contributed by atoms with E-state index < -0.39 is 5.97 Å². The second-order valence-electron chi connectivity index (χ2n) is 5.65. The fourth-order valence-corrected chi connectivity index (χ4v) is 2.95. The summed E-state index contributed by atoms with van der Waals surface area (Å²) in [5.74, 6) is -1.16. The molecule has 0 radical (unpaired) electrons. The van der Waals surface area contributed by atoms with Crippen molar-refractivity contribution in [3.05, 3.63) is 36.3 Å². The maximum atomic E-state index is 11.4. The van der Waals surface area contributed by atoms with E-state index in [9.17, 15) is 14.7 Å². The molecule has 1 saturated heterocycles. The van der Waals surface area contributed by atoms with Gasteiger partial charge in [-0.25, -0.2) is 0 Å². The van der Waals surface area contributed by atoms with E-state index in [-0.39, 0.29) is 36.4 Å². The van der Waals surface area contributed by atoms with E-state index in [0.29, 0.717) is 18.7 Å². The summed E-state index contributed by atoms with van der Waals surface area (Å²) in [7, 11) is 0. The smallest absolute Gasteiger partial charge is 0.545 e. The first-order valence-electron chi connectivity index (χ1n) is 7.52. The molecule has 120 valence electrons. The normalized spacial score (nSPS) is 15.0. The Labute approximate surface area is 151 Å². The summed E-state index contributed by atoms with van der Waals surface area (Å²) in [4.78, 5) is 28.2. The number of carboxylic acids is 1. The van der Waals surface area contributed by atoms with Gasteiger partial charge in [-0.05, 0) is 25.0 Å². The molecule has 1 amide bonds. The molecule has 2 aromatic rings. The third kappa shape index (κ3) is 3.69. The molecule has 24 heavy (non-hydrogen) atoms. The van der Waals surface area contributed by atoms with Gasteiger partial charge in [0.05, 0.1) is 17.7 Å². The van der Waals surface area contributed by atoms with Gasteiger partial charge in [-0.1, -0.05) is 0 Å². The van der Waals surface area contributed by atoms with Gasteiger partial charge in [-0.3, -0.25) is 14.5 Å². The predicted octanol–water partition coefficient (Wildman–Crippen LogP) is -2.50. The van der Waals surface area contributed by atoms with Crippen LogP contribution in [0.3, 0.4) is 0 Å². The predicted molar refractivity (Wildman–Crippen MR) is 80.3 cm³/mol. The number of carboxylic acid groups (broad SMARTS) is 1. The number of carbonyl (C=O) groups excluding carboxylic acids is 2. The first-order chi connectivity index (χ1) is 11.1. The molecule has 0 aromatic carbocycles. The zero-order chi connectivity index (χ0) is 16.4. The average Bonchev–Trinajstić information content (AvgIpc) is 3.04. The number of nitrogens with zero attached hydrogens (tertiary/aromatic N) is 4. The molecule has 0 bridgehead atoms. The number of hydrogen-bond donors (Lipinski definition) is 0. The number of aromatic nitrogens is 3. The quantitative estimate of drug-likeness (QED) is 0.583. The van der Waals surface area contributed by atoms with Crippen LogP contribution in [0.15, 0.2) is 30.7 Å². The summed E-state index contributed by atoms with van der Waals surface area (Å²) in [6.07, 6.45) is 6.22. The van der Waals surface area contributed by atoms with Gasteiger partial charge in [0.25, 0.3) is 0 Å². The Morgan fingerprint density at radius 3 is 2.58 bits per heavy atom. The topological polar surface area (TPSA) is 91.2 Å². The second-order valence-corrected chi connectivity index (χ2v) is 5.65. The molecule has 1 aliphatic heterocycles. The van der Waals surface area contributed by atoms with Crippen molar-refractivity contribution >= 4 is 11.9 Å². The Morgan fingerprint density at radius 2 is 1.96 bits per heavy atom. The van der Waals surface area contributed by atoms with E-state index in [0.717, 1.165) is 18.5 Å². The fraction of sp³-hybridized carbons (Fsp3) is 0.375. The van der Waals surface area contributed by atoms with Gasteiger partial charge < -0.3 is 14.8 Å². The van der Waals surface area contributed by atoms with Crippen LogP contribution in [0, 0.1) is 0 Å². The van der Waals surface area contributed by atoms with Gasteiger partial charge in [0.1, 0.15) is 0 Å². The van der Waals surface area contributed by atoms with E-state index in [2.05, 4.69) is 10.1 Å². The Morgan fingerprint density at radius 1 is 1.25 bits per heavy atom. The van der Waals surface area contributed by atoms with Crippen LogP contribution in [-0.2, 0) is 4.79 Å². The number of pyridine rings is 1. The van der Waals surface area contributed by atoms with Crippen LogP contribution in [0.4, 0.5) is 0 Å². The summed E-state index contributed by atoms with van der Waals surface area (Å²) in [5, 5.41) is 15.4. The van der Waals surface area contributed by atoms with Gasteiger partial charge in [-0.15, -0.1) is 0 Å². The van der Waals surface area contributed by atoms with Crippen molar-refractivity contribution in [3.8, 4) is 11.3 Å². The van der Waals surface area contributed by atoms with Crippen LogP contribution in [0.2, 0.25) is 0 Å². The zero-order valence-corrected chi connectivity index (χ0v) is 13.8. The Balaban J connectivity index is 0.00000208. The molecule has 0 N–H and O–H groups in total. The molecule has 2 aromatic heterocycles. The number of rotatable bonds is 3. The number of carbonyl (C=O) groups is 2. The van der Waals surface area contributed by atoms with Crippen molar-refractivity contribution in [3.63, 3.8) is 0 Å². The van der Waals surface area contributed by atoms with Gasteiger partial charge in [0.2, 0.25) is 5.91 Å². The Kier molecular flexibility index (Phi) is 5.81. The van der Waals surface area contributed by atoms with Gasteiger partial charge in [0.15, 0.2) is 0 Å². The number of hydrogen-bond acceptors (Lipinski definition) is 5. The summed E-state index contributed by atoms with van der Waals surface area (Å²) in [6.45, 7) is 2.99. The number of amides is 1. The van der Waals surface area contributed by atoms with E-state index in [1.165, 1.54) is 6.20 Å². The Hall–Kier alpha value is -2.10. The molecular formula is C16H17LiN4O3. The molecule has 1 fully saturated rings. The van der Waals surface area contributed by atoms with E-state index in [1.54, 1.807) is 25.4 Å². The first-order valence-corrected chi connectivity index (χ1v) is 7.52. The summed E-state index contributed by atoms with van der Waals surface area (Å²) < 4.78 is 1.90. The molecule has 0 atom stereocenters. The van der Waals surface area contributed by atoms with Gasteiger partial charge >= 0.3 is 18.9 Å². The first kappa shape index (κ1) is 18.2. The van der Waals surface area contributed by atoms with E-state index in [1.807, 2.05) is 15.6 Å². The molecule has 3 heterocycles. The SMILES string of the molecule is CC(=O)N1CCC(n2nccc2-c2cncc(C(=O)[O-])c2)CC1.[Li+]. The molecule has 0 unspecified atom stereocenters. The minimum atomic E-state index is -1.25. The third-order valence-electron chi connectivity index (χ3n) is 4.20. The van der Waals surface area contributed by atoms with Crippen molar-refractivity contribution in [1.82, 2.24) is 19.7 Å². The van der Waals surface area contributed by atoms with Crippen LogP contribution in [0.25, 0.3) is 11.3 Å². The minimum absolute atomic E-state index is 0. The second kappa shape index (κ2) is 7.64. The van der Waals surface area contributed by atoms with Crippen molar-refractivity contribution in [2.45, 2.75) is 25.8 Å². The molecule has 0 spiro atoms. The Bertz CT molecular complexity index is 738. The van der Waals surface area contributed by atoms with Gasteiger partial charge in [-0.2, -0.15) is 5.10 Å². The number of piperidine rings is 1. The molecule has 1 aliphatic rings. The van der Waals surface area contributed by atoms with Crippen LogP contribution in [0.1, 0.15) is 36.2 Å². The van der Waals surface area contributed by atoms with Crippen LogP contribution in [0.5, 0.6) is 0 Å². The molecular weight excluding hydrogens is 303 g/mol. The van der Waals surface area contributed by atoms with Crippen molar-refractivity contribution < 1.29 is 33.6 Å². The van der Waals surface area contributed by atoms with E-state index in [4.69, 9.17) is 0 Å². The summed E-state index contributed by atoms with van der Waals surface area (Å²) in [5.41, 5.74) is 1.56. The molecule has 0 saturated carbocycles. The van der Waals surface area contributed by atoms with Crippen LogP contribution in [-0.4, -0.2) is 44.6 Å². The zero-order valence-electron chi connectivity index (χ0n) is 13.8. The number of likely N-dealkylation sites (tertiary alicyclic amines) is 1. The van der Waals surface area contributed by atoms with Crippen molar-refractivity contribution in [2.75, 3.05) is 13.1 Å². The molecule has 3 rings (SSSR count). The summed E-state index contributed by atoms with van der Waals surface area (Å²) in [6, 6.07) is 3.57. The van der Waals surface area contributed by atoms with Crippen LogP contribution < -0.4 is 24.0 Å². The van der Waals surface area contributed by atoms with Crippen molar-refractivity contribution in [1.29, 1.82) is 0 Å². The van der Waals surface area contributed by atoms with Gasteiger partial charge in [0, 0.05) is 49.7 Å². The largest absolute Gasteiger partial charge is 1.00 e. The maximum Gasteiger partial charge on any atom is 1.00 e. The number of aromatic carboxylic acids is 1. The van der Waals surface area contributed by atoms with E-state index >= 15 is 0 Å². The monoisotopic (exact) mass is 320 g/mol. The van der Waals surface area contributed by atoms with Crippen molar-refractivity contribution in [2.24, 2.45) is 0 Å². The third-order valence-corrected chi connectivity index (χ3v) is 4.20.